The highest BCUT2D eigenvalue weighted by atomic mass is 14.5. The highest BCUT2D eigenvalue weighted by Crippen LogP contribution is 2.18. The van der Waals surface area contributed by atoms with Crippen LogP contribution in [0.2, 0.25) is 0 Å². The molecule has 0 bridgehead atoms. The molecule has 1 nitrogen and oxygen atoms in total. The molecule has 1 aliphatic carbocycles. The second kappa shape index (κ2) is 2.88. The quantitative estimate of drug-likeness (QED) is 0.534. The third-order valence-corrected chi connectivity index (χ3v) is 1.65. The van der Waals surface area contributed by atoms with Crippen LogP contribution in [0.15, 0.2) is 12.2 Å². The van der Waals surface area contributed by atoms with Crippen molar-refractivity contribution in [2.75, 3.05) is 6.54 Å². The first-order chi connectivity index (χ1) is 3.93. The summed E-state index contributed by atoms with van der Waals surface area (Å²) < 4.78 is 0. The van der Waals surface area contributed by atoms with Crippen molar-refractivity contribution in [1.29, 1.82) is 0 Å². The second-order valence-corrected chi connectivity index (χ2v) is 2.34. The molecule has 0 aromatic heterocycles. The fourth-order valence-corrected chi connectivity index (χ4v) is 1.15. The van der Waals surface area contributed by atoms with Crippen LogP contribution in [-0.2, 0) is 0 Å². The van der Waals surface area contributed by atoms with Crippen LogP contribution in [-0.4, -0.2) is 6.54 Å². The average Bonchev–Trinajstić information content (AvgIpc) is 2.19. The predicted octanol–water partition coefficient (Wildman–Crippen LogP) is 1.30. The minimum Gasteiger partial charge on any atom is -0.330 e. The zero-order chi connectivity index (χ0) is 5.82. The number of nitrogens with two attached hydrogens (primary N) is 1. The van der Waals surface area contributed by atoms with Crippen LogP contribution < -0.4 is 5.73 Å². The topological polar surface area (TPSA) is 26.0 Å². The number of hydrogen-bond acceptors (Lipinski definition) is 1. The number of allylic oxidation sites excluding steroid dienone is 2. The van der Waals surface area contributed by atoms with Crippen LogP contribution in [0.25, 0.3) is 0 Å². The van der Waals surface area contributed by atoms with E-state index >= 15 is 0 Å². The molecule has 1 heteroatoms. The fraction of sp³-hybridized carbons (Fsp3) is 0.714. The van der Waals surface area contributed by atoms with Gasteiger partial charge in [-0.2, -0.15) is 0 Å². The van der Waals surface area contributed by atoms with E-state index in [4.69, 9.17) is 5.73 Å². The highest BCUT2D eigenvalue weighted by Gasteiger charge is 2.05. The van der Waals surface area contributed by atoms with Crippen LogP contribution >= 0.6 is 0 Å². The molecule has 8 heavy (non-hydrogen) atoms. The molecule has 1 atom stereocenters. The van der Waals surface area contributed by atoms with Crippen molar-refractivity contribution in [2.24, 2.45) is 11.7 Å². The third-order valence-electron chi connectivity index (χ3n) is 1.65. The summed E-state index contributed by atoms with van der Waals surface area (Å²) in [5.41, 5.74) is 5.37. The van der Waals surface area contributed by atoms with Gasteiger partial charge in [-0.1, -0.05) is 12.2 Å². The molecule has 0 saturated carbocycles. The van der Waals surface area contributed by atoms with Gasteiger partial charge in [0.2, 0.25) is 0 Å². The van der Waals surface area contributed by atoms with Gasteiger partial charge >= 0.3 is 0 Å². The van der Waals surface area contributed by atoms with E-state index < -0.39 is 0 Å². The summed E-state index contributed by atoms with van der Waals surface area (Å²) in [5, 5.41) is 0. The Morgan fingerprint density at radius 3 is 3.00 bits per heavy atom. The lowest BCUT2D eigenvalue weighted by molar-refractivity contribution is 0.587. The van der Waals surface area contributed by atoms with Crippen LogP contribution in [0.5, 0.6) is 0 Å². The first-order valence-corrected chi connectivity index (χ1v) is 3.30. The van der Waals surface area contributed by atoms with Crippen LogP contribution in [0.1, 0.15) is 19.3 Å². The monoisotopic (exact) mass is 111 g/mol. The summed E-state index contributed by atoms with van der Waals surface area (Å²) in [4.78, 5) is 0. The van der Waals surface area contributed by atoms with Gasteiger partial charge in [-0.25, -0.2) is 0 Å². The second-order valence-electron chi connectivity index (χ2n) is 2.34. The maximum Gasteiger partial charge on any atom is -0.00717 e. The van der Waals surface area contributed by atoms with Gasteiger partial charge in [0.1, 0.15) is 0 Å². The van der Waals surface area contributed by atoms with Crippen LogP contribution in [0.3, 0.4) is 0 Å². The molecule has 0 heterocycles. The maximum absolute atomic E-state index is 5.37. The van der Waals surface area contributed by atoms with Gasteiger partial charge in [0, 0.05) is 0 Å². The van der Waals surface area contributed by atoms with E-state index in [0.717, 1.165) is 12.5 Å². The normalized spacial score (nSPS) is 26.9. The van der Waals surface area contributed by atoms with Gasteiger partial charge in [-0.05, 0) is 31.7 Å². The van der Waals surface area contributed by atoms with E-state index in [1.165, 1.54) is 19.3 Å². The van der Waals surface area contributed by atoms with Crippen molar-refractivity contribution in [3.05, 3.63) is 12.2 Å². The molecule has 1 rings (SSSR count). The molecule has 0 saturated heterocycles. The maximum atomic E-state index is 5.37. The van der Waals surface area contributed by atoms with Gasteiger partial charge in [0.25, 0.3) is 0 Å². The van der Waals surface area contributed by atoms with Gasteiger partial charge in [-0.15, -0.1) is 0 Å². The molecule has 0 amide bonds. The SMILES string of the molecule is NCCC1C=CCC1. The molecule has 0 aromatic carbocycles. The molecule has 1 unspecified atom stereocenters. The number of hydrogen-bond donors (Lipinski definition) is 1. The third kappa shape index (κ3) is 1.34. The van der Waals surface area contributed by atoms with Gasteiger partial charge < -0.3 is 5.73 Å². The van der Waals surface area contributed by atoms with Gasteiger partial charge in [-0.3, -0.25) is 0 Å². The largest absolute Gasteiger partial charge is 0.330 e. The predicted molar refractivity (Wildman–Crippen MR) is 35.5 cm³/mol. The van der Waals surface area contributed by atoms with Crippen molar-refractivity contribution in [2.45, 2.75) is 19.3 Å². The molecular weight excluding hydrogens is 98.1 g/mol. The first kappa shape index (κ1) is 5.83. The Hall–Kier alpha value is -0.300. The summed E-state index contributed by atoms with van der Waals surface area (Å²) in [6.45, 7) is 0.842. The van der Waals surface area contributed by atoms with Crippen molar-refractivity contribution >= 4 is 0 Å². The van der Waals surface area contributed by atoms with E-state index in [1.54, 1.807) is 0 Å². The Bertz CT molecular complexity index is 86.4. The van der Waals surface area contributed by atoms with E-state index in [-0.39, 0.29) is 0 Å². The Labute approximate surface area is 50.6 Å². The summed E-state index contributed by atoms with van der Waals surface area (Å²) >= 11 is 0. The van der Waals surface area contributed by atoms with Crippen molar-refractivity contribution in [1.82, 2.24) is 0 Å². The lowest BCUT2D eigenvalue weighted by Crippen LogP contribution is -2.04. The van der Waals surface area contributed by atoms with Crippen molar-refractivity contribution < 1.29 is 0 Å². The summed E-state index contributed by atoms with van der Waals surface area (Å²) in [6, 6.07) is 0. The Balaban J connectivity index is 2.16. The van der Waals surface area contributed by atoms with Crippen molar-refractivity contribution in [3.63, 3.8) is 0 Å². The molecule has 1 aliphatic rings. The smallest absolute Gasteiger partial charge is 0.00717 e. The minimum atomic E-state index is 0.806. The molecule has 0 fully saturated rings. The summed E-state index contributed by atoms with van der Waals surface area (Å²) in [7, 11) is 0. The molecule has 0 spiro atoms. The summed E-state index contributed by atoms with van der Waals surface area (Å²) in [6.07, 6.45) is 8.31. The Morgan fingerprint density at radius 2 is 2.50 bits per heavy atom. The standard InChI is InChI=1S/C7H13N/c8-6-5-7-3-1-2-4-7/h1,3,7H,2,4-6,8H2. The molecular formula is C7H13N. The van der Waals surface area contributed by atoms with Crippen LogP contribution in [0.4, 0.5) is 0 Å². The van der Waals surface area contributed by atoms with E-state index in [2.05, 4.69) is 12.2 Å². The van der Waals surface area contributed by atoms with Crippen LogP contribution in [0, 0.1) is 5.92 Å². The molecule has 2 N–H and O–H groups in total. The lowest BCUT2D eigenvalue weighted by Gasteiger charge is -2.01. The lowest BCUT2D eigenvalue weighted by atomic mass is 10.1. The summed E-state index contributed by atoms with van der Waals surface area (Å²) in [5.74, 6) is 0.806. The van der Waals surface area contributed by atoms with Gasteiger partial charge in [0.15, 0.2) is 0 Å². The number of rotatable bonds is 2. The molecule has 0 aromatic rings. The highest BCUT2D eigenvalue weighted by molar-refractivity contribution is 4.95. The Kier molecular flexibility index (Phi) is 2.10. The average molecular weight is 111 g/mol. The van der Waals surface area contributed by atoms with Crippen molar-refractivity contribution in [3.8, 4) is 0 Å². The van der Waals surface area contributed by atoms with Gasteiger partial charge in [0.05, 0.1) is 0 Å². The van der Waals surface area contributed by atoms with E-state index in [9.17, 15) is 0 Å². The molecule has 0 radical (unpaired) electrons. The fourth-order valence-electron chi connectivity index (χ4n) is 1.15. The zero-order valence-electron chi connectivity index (χ0n) is 5.14. The van der Waals surface area contributed by atoms with E-state index in [0.29, 0.717) is 0 Å². The minimum absolute atomic E-state index is 0.806. The van der Waals surface area contributed by atoms with E-state index in [1.807, 2.05) is 0 Å². The molecule has 46 valence electrons. The Morgan fingerprint density at radius 1 is 1.62 bits per heavy atom. The zero-order valence-corrected chi connectivity index (χ0v) is 5.14. The molecule has 0 aliphatic heterocycles. The first-order valence-electron chi connectivity index (χ1n) is 3.30.